The molecule has 0 amide bonds. The Morgan fingerprint density at radius 1 is 1.27 bits per heavy atom. The summed E-state index contributed by atoms with van der Waals surface area (Å²) in [4.78, 5) is 0. The van der Waals surface area contributed by atoms with Crippen LogP contribution in [-0.4, -0.2) is 12.1 Å². The Kier molecular flexibility index (Phi) is 4.89. The third kappa shape index (κ3) is 4.80. The summed E-state index contributed by atoms with van der Waals surface area (Å²) >= 11 is 0. The lowest BCUT2D eigenvalue weighted by atomic mass is 10.1. The first kappa shape index (κ1) is 10.4. The van der Waals surface area contributed by atoms with E-state index in [1.807, 2.05) is 6.92 Å². The molecule has 0 aromatic heterocycles. The molecule has 0 saturated carbocycles. The predicted molar refractivity (Wildman–Crippen MR) is 47.1 cm³/mol. The summed E-state index contributed by atoms with van der Waals surface area (Å²) in [6, 6.07) is 2.96. The predicted octanol–water partition coefficient (Wildman–Crippen LogP) is 1.92. The van der Waals surface area contributed by atoms with Crippen molar-refractivity contribution in [2.75, 3.05) is 0 Å². The maximum atomic E-state index is 8.40. The van der Waals surface area contributed by atoms with Gasteiger partial charge in [-0.1, -0.05) is 13.8 Å². The SMILES string of the molecule is CC(CC#N)NC(C)C(C)C. The van der Waals surface area contributed by atoms with Crippen LogP contribution in [-0.2, 0) is 0 Å². The van der Waals surface area contributed by atoms with Gasteiger partial charge in [-0.25, -0.2) is 0 Å². The van der Waals surface area contributed by atoms with Crippen molar-refractivity contribution in [3.8, 4) is 6.07 Å². The van der Waals surface area contributed by atoms with E-state index in [0.29, 0.717) is 24.4 Å². The van der Waals surface area contributed by atoms with Gasteiger partial charge in [0.15, 0.2) is 0 Å². The van der Waals surface area contributed by atoms with Gasteiger partial charge in [-0.15, -0.1) is 0 Å². The summed E-state index contributed by atoms with van der Waals surface area (Å²) in [5.74, 6) is 0.635. The summed E-state index contributed by atoms with van der Waals surface area (Å²) in [5, 5.41) is 11.8. The van der Waals surface area contributed by atoms with Gasteiger partial charge in [0.05, 0.1) is 12.5 Å². The molecule has 11 heavy (non-hydrogen) atoms. The lowest BCUT2D eigenvalue weighted by molar-refractivity contribution is 0.386. The molecular formula is C9H18N2. The smallest absolute Gasteiger partial charge is 0.0638 e. The van der Waals surface area contributed by atoms with Gasteiger partial charge < -0.3 is 5.32 Å². The van der Waals surface area contributed by atoms with E-state index in [9.17, 15) is 0 Å². The molecule has 0 saturated heterocycles. The van der Waals surface area contributed by atoms with E-state index in [4.69, 9.17) is 5.26 Å². The molecule has 64 valence electrons. The van der Waals surface area contributed by atoms with Crippen LogP contribution >= 0.6 is 0 Å². The van der Waals surface area contributed by atoms with Crippen LogP contribution in [0.4, 0.5) is 0 Å². The van der Waals surface area contributed by atoms with Crippen molar-refractivity contribution >= 4 is 0 Å². The molecule has 2 nitrogen and oxygen atoms in total. The normalized spacial score (nSPS) is 16.0. The molecule has 0 fully saturated rings. The summed E-state index contributed by atoms with van der Waals surface area (Å²) in [5.41, 5.74) is 0. The van der Waals surface area contributed by atoms with Crippen LogP contribution in [0.15, 0.2) is 0 Å². The first-order chi connectivity index (χ1) is 5.07. The molecule has 0 aliphatic heterocycles. The van der Waals surface area contributed by atoms with E-state index in [1.54, 1.807) is 0 Å². The number of rotatable bonds is 4. The van der Waals surface area contributed by atoms with Gasteiger partial charge in [-0.2, -0.15) is 5.26 Å². The summed E-state index contributed by atoms with van der Waals surface area (Å²) in [7, 11) is 0. The molecule has 0 aliphatic carbocycles. The maximum Gasteiger partial charge on any atom is 0.0638 e. The van der Waals surface area contributed by atoms with Crippen molar-refractivity contribution in [3.05, 3.63) is 0 Å². The van der Waals surface area contributed by atoms with Gasteiger partial charge in [0.2, 0.25) is 0 Å². The van der Waals surface area contributed by atoms with Crippen molar-refractivity contribution in [1.29, 1.82) is 5.26 Å². The Labute approximate surface area is 69.6 Å². The van der Waals surface area contributed by atoms with Gasteiger partial charge in [-0.05, 0) is 19.8 Å². The Morgan fingerprint density at radius 2 is 1.82 bits per heavy atom. The molecule has 0 heterocycles. The second-order valence-electron chi connectivity index (χ2n) is 3.46. The van der Waals surface area contributed by atoms with Gasteiger partial charge in [0.25, 0.3) is 0 Å². The Balaban J connectivity index is 3.58. The van der Waals surface area contributed by atoms with E-state index in [0.717, 1.165) is 0 Å². The molecule has 0 aliphatic rings. The first-order valence-corrected chi connectivity index (χ1v) is 4.21. The molecule has 0 aromatic carbocycles. The Hall–Kier alpha value is -0.550. The minimum Gasteiger partial charge on any atom is -0.311 e. The first-order valence-electron chi connectivity index (χ1n) is 4.21. The van der Waals surface area contributed by atoms with E-state index in [1.165, 1.54) is 0 Å². The Bertz CT molecular complexity index is 135. The van der Waals surface area contributed by atoms with Crippen molar-refractivity contribution in [2.24, 2.45) is 5.92 Å². The zero-order chi connectivity index (χ0) is 8.85. The fourth-order valence-electron chi connectivity index (χ4n) is 0.837. The fraction of sp³-hybridized carbons (Fsp3) is 0.889. The highest BCUT2D eigenvalue weighted by Crippen LogP contribution is 2.02. The lowest BCUT2D eigenvalue weighted by Gasteiger charge is -2.20. The molecule has 2 heteroatoms. The maximum absolute atomic E-state index is 8.40. The second-order valence-corrected chi connectivity index (χ2v) is 3.46. The highest BCUT2D eigenvalue weighted by atomic mass is 14.9. The van der Waals surface area contributed by atoms with Crippen LogP contribution in [0, 0.1) is 17.2 Å². The van der Waals surface area contributed by atoms with Gasteiger partial charge in [-0.3, -0.25) is 0 Å². The number of nitriles is 1. The van der Waals surface area contributed by atoms with Crippen molar-refractivity contribution in [1.82, 2.24) is 5.32 Å². The zero-order valence-electron chi connectivity index (χ0n) is 7.89. The fourth-order valence-corrected chi connectivity index (χ4v) is 0.837. The monoisotopic (exact) mass is 154 g/mol. The number of hydrogen-bond acceptors (Lipinski definition) is 2. The van der Waals surface area contributed by atoms with Crippen LogP contribution in [0.1, 0.15) is 34.1 Å². The highest BCUT2D eigenvalue weighted by molar-refractivity contribution is 4.79. The number of nitrogens with one attached hydrogen (secondary N) is 1. The van der Waals surface area contributed by atoms with E-state index < -0.39 is 0 Å². The lowest BCUT2D eigenvalue weighted by Crippen LogP contribution is -2.37. The van der Waals surface area contributed by atoms with Crippen molar-refractivity contribution < 1.29 is 0 Å². The molecule has 2 atom stereocenters. The highest BCUT2D eigenvalue weighted by Gasteiger charge is 2.09. The van der Waals surface area contributed by atoms with Crippen molar-refractivity contribution in [3.63, 3.8) is 0 Å². The molecule has 0 radical (unpaired) electrons. The zero-order valence-corrected chi connectivity index (χ0v) is 7.89. The van der Waals surface area contributed by atoms with Gasteiger partial charge in [0.1, 0.15) is 0 Å². The number of hydrogen-bond donors (Lipinski definition) is 1. The largest absolute Gasteiger partial charge is 0.311 e. The van der Waals surface area contributed by atoms with Crippen LogP contribution < -0.4 is 5.32 Å². The van der Waals surface area contributed by atoms with E-state index >= 15 is 0 Å². The number of nitrogens with zero attached hydrogens (tertiary/aromatic N) is 1. The molecular weight excluding hydrogens is 136 g/mol. The minimum atomic E-state index is 0.317. The summed E-state index contributed by atoms with van der Waals surface area (Å²) in [6.45, 7) is 8.55. The van der Waals surface area contributed by atoms with Gasteiger partial charge in [0, 0.05) is 12.1 Å². The standard InChI is InChI=1S/C9H18N2/c1-7(2)9(4)11-8(3)5-6-10/h7-9,11H,5H2,1-4H3. The van der Waals surface area contributed by atoms with Crippen LogP contribution in [0.25, 0.3) is 0 Å². The molecule has 0 rings (SSSR count). The van der Waals surface area contributed by atoms with Crippen LogP contribution in [0.2, 0.25) is 0 Å². The van der Waals surface area contributed by atoms with Crippen LogP contribution in [0.5, 0.6) is 0 Å². The van der Waals surface area contributed by atoms with Gasteiger partial charge >= 0.3 is 0 Å². The van der Waals surface area contributed by atoms with E-state index in [2.05, 4.69) is 32.2 Å². The molecule has 1 N–H and O–H groups in total. The summed E-state index contributed by atoms with van der Waals surface area (Å²) < 4.78 is 0. The minimum absolute atomic E-state index is 0.317. The summed E-state index contributed by atoms with van der Waals surface area (Å²) in [6.07, 6.45) is 0.594. The second kappa shape index (κ2) is 5.15. The topological polar surface area (TPSA) is 35.8 Å². The molecule has 0 spiro atoms. The average molecular weight is 154 g/mol. The van der Waals surface area contributed by atoms with Crippen LogP contribution in [0.3, 0.4) is 0 Å². The molecule has 2 unspecified atom stereocenters. The van der Waals surface area contributed by atoms with Crippen molar-refractivity contribution in [2.45, 2.75) is 46.2 Å². The third-order valence-corrected chi connectivity index (χ3v) is 1.94. The molecule has 0 bridgehead atoms. The average Bonchev–Trinajstić information content (AvgIpc) is 1.87. The third-order valence-electron chi connectivity index (χ3n) is 1.94. The Morgan fingerprint density at radius 3 is 2.18 bits per heavy atom. The quantitative estimate of drug-likeness (QED) is 0.671. The molecule has 0 aromatic rings. The van der Waals surface area contributed by atoms with E-state index in [-0.39, 0.29) is 0 Å².